The molecule has 2 heterocycles. The zero-order chi connectivity index (χ0) is 34.9. The van der Waals surface area contributed by atoms with Crippen molar-refractivity contribution in [2.45, 2.75) is 25.9 Å². The van der Waals surface area contributed by atoms with Gasteiger partial charge < -0.3 is 9.47 Å². The molecule has 0 bridgehead atoms. The summed E-state index contributed by atoms with van der Waals surface area (Å²) in [5.41, 5.74) is 7.36. The van der Waals surface area contributed by atoms with Crippen LogP contribution >= 0.6 is 59.5 Å². The SMILES string of the molecule is CC(CS)N(C(=O)Oc1ccc(C#N)cc1)c1ccc2ncsc2c1.CC(CS)N(C(=O)Oc1ccc(Cl)cc1)c1ccc2ncsc2c1. The van der Waals surface area contributed by atoms with Gasteiger partial charge in [-0.25, -0.2) is 19.6 Å². The number of carbonyl (C=O) groups excluding carboxylic acids is 2. The van der Waals surface area contributed by atoms with E-state index in [9.17, 15) is 9.59 Å². The van der Waals surface area contributed by atoms with Gasteiger partial charge in [0, 0.05) is 40.0 Å². The highest BCUT2D eigenvalue weighted by atomic mass is 35.5. The van der Waals surface area contributed by atoms with Crippen molar-refractivity contribution in [2.24, 2.45) is 0 Å². The first-order chi connectivity index (χ1) is 23.7. The van der Waals surface area contributed by atoms with E-state index in [1.54, 1.807) is 69.4 Å². The first-order valence-electron chi connectivity index (χ1n) is 14.9. The minimum atomic E-state index is -0.491. The molecule has 6 aromatic rings. The van der Waals surface area contributed by atoms with Crippen LogP contribution in [0.15, 0.2) is 96.0 Å². The van der Waals surface area contributed by atoms with Gasteiger partial charge >= 0.3 is 12.2 Å². The number of carbonyl (C=O) groups is 2. The number of thiazole rings is 2. The topological polar surface area (TPSA) is 109 Å². The maximum atomic E-state index is 12.7. The number of nitrogens with zero attached hydrogens (tertiary/aromatic N) is 5. The maximum absolute atomic E-state index is 12.7. The van der Waals surface area contributed by atoms with E-state index in [-0.39, 0.29) is 12.1 Å². The van der Waals surface area contributed by atoms with Crippen LogP contribution in [0.3, 0.4) is 0 Å². The van der Waals surface area contributed by atoms with Gasteiger partial charge in [0.2, 0.25) is 0 Å². The molecular weight excluding hydrogens is 718 g/mol. The molecule has 2 atom stereocenters. The predicted octanol–water partition coefficient (Wildman–Crippen LogP) is 9.77. The molecular formula is C35H30ClN5O4S4. The summed E-state index contributed by atoms with van der Waals surface area (Å²) >= 11 is 17.6. The Hall–Kier alpha value is -4.32. The molecule has 0 aliphatic rings. The Kier molecular flexibility index (Phi) is 12.4. The Morgan fingerprint density at radius 1 is 0.755 bits per heavy atom. The zero-order valence-corrected chi connectivity index (χ0v) is 30.4. The quantitative estimate of drug-likeness (QED) is 0.149. The van der Waals surface area contributed by atoms with Gasteiger partial charge in [-0.3, -0.25) is 9.80 Å². The minimum absolute atomic E-state index is 0.126. The van der Waals surface area contributed by atoms with E-state index >= 15 is 0 Å². The molecule has 9 nitrogen and oxygen atoms in total. The van der Waals surface area contributed by atoms with Gasteiger partial charge in [0.1, 0.15) is 11.5 Å². The molecule has 6 rings (SSSR count). The number of thiol groups is 2. The molecule has 0 radical (unpaired) electrons. The largest absolute Gasteiger partial charge is 0.420 e. The van der Waals surface area contributed by atoms with E-state index in [1.807, 2.05) is 56.3 Å². The third kappa shape index (κ3) is 9.03. The average Bonchev–Trinajstić information content (AvgIpc) is 3.79. The number of anilines is 2. The lowest BCUT2D eigenvalue weighted by Gasteiger charge is -2.27. The van der Waals surface area contributed by atoms with Crippen LogP contribution in [0.5, 0.6) is 11.5 Å². The molecule has 0 aliphatic carbocycles. The van der Waals surface area contributed by atoms with Crippen LogP contribution in [0, 0.1) is 11.3 Å². The normalized spacial score (nSPS) is 11.9. The average molecular weight is 748 g/mol. The standard InChI is InChI=1S/C18H15N3O2S2.C17H15ClN2O2S2/c1-12(10-24)21(14-4-7-16-17(8-14)25-11-20-16)18(22)23-15-5-2-13(9-19)3-6-15;1-11(9-23)20(13-4-7-15-16(8-13)24-10-19-15)17(21)22-14-5-2-12(18)3-6-14/h2-8,11-12,24H,10H2,1H3;2-8,10-11,23H,9H2,1H3. The van der Waals surface area contributed by atoms with Crippen LogP contribution in [0.1, 0.15) is 19.4 Å². The van der Waals surface area contributed by atoms with E-state index in [2.05, 4.69) is 35.2 Å². The molecule has 0 aliphatic heterocycles. The van der Waals surface area contributed by atoms with Crippen molar-refractivity contribution < 1.29 is 19.1 Å². The zero-order valence-electron chi connectivity index (χ0n) is 26.3. The summed E-state index contributed by atoms with van der Waals surface area (Å²) in [6, 6.07) is 26.2. The molecule has 250 valence electrons. The third-order valence-electron chi connectivity index (χ3n) is 7.20. The molecule has 0 spiro atoms. The van der Waals surface area contributed by atoms with Crippen molar-refractivity contribution >= 4 is 104 Å². The second-order valence-electron chi connectivity index (χ2n) is 10.6. The number of hydrogen-bond acceptors (Lipinski definition) is 11. The summed E-state index contributed by atoms with van der Waals surface area (Å²) in [6.07, 6.45) is -0.946. The molecule has 2 unspecified atom stereocenters. The Morgan fingerprint density at radius 3 is 1.59 bits per heavy atom. The number of ether oxygens (including phenoxy) is 2. The van der Waals surface area contributed by atoms with Crippen molar-refractivity contribution in [2.75, 3.05) is 21.3 Å². The number of halogens is 1. The fourth-order valence-electron chi connectivity index (χ4n) is 4.63. The number of fused-ring (bicyclic) bond motifs is 2. The summed E-state index contributed by atoms with van der Waals surface area (Å²) < 4.78 is 13.0. The fraction of sp³-hybridized carbons (Fsp3) is 0.171. The van der Waals surface area contributed by atoms with E-state index < -0.39 is 12.2 Å². The fourth-order valence-corrected chi connectivity index (χ4v) is 6.50. The van der Waals surface area contributed by atoms with Crippen LogP contribution < -0.4 is 19.3 Å². The van der Waals surface area contributed by atoms with Gasteiger partial charge in [-0.1, -0.05) is 11.6 Å². The van der Waals surface area contributed by atoms with Gasteiger partial charge in [0.05, 0.1) is 43.1 Å². The van der Waals surface area contributed by atoms with Crippen LogP contribution in [0.25, 0.3) is 20.4 Å². The van der Waals surface area contributed by atoms with E-state index in [1.165, 1.54) is 22.7 Å². The van der Waals surface area contributed by atoms with Crippen molar-refractivity contribution in [3.8, 4) is 17.6 Å². The lowest BCUT2D eigenvalue weighted by Crippen LogP contribution is -2.41. The summed E-state index contributed by atoms with van der Waals surface area (Å²) in [6.45, 7) is 3.83. The second kappa shape index (κ2) is 16.9. The number of amides is 2. The lowest BCUT2D eigenvalue weighted by molar-refractivity contribution is 0.205. The molecule has 0 saturated heterocycles. The lowest BCUT2D eigenvalue weighted by atomic mass is 10.2. The van der Waals surface area contributed by atoms with Crippen molar-refractivity contribution in [3.05, 3.63) is 107 Å². The first-order valence-corrected chi connectivity index (χ1v) is 18.3. The number of benzene rings is 4. The molecule has 2 amide bonds. The summed E-state index contributed by atoms with van der Waals surface area (Å²) in [5, 5.41) is 9.43. The number of nitriles is 1. The van der Waals surface area contributed by atoms with E-state index in [4.69, 9.17) is 26.3 Å². The highest BCUT2D eigenvalue weighted by Crippen LogP contribution is 2.29. The number of aromatic nitrogens is 2. The highest BCUT2D eigenvalue weighted by Gasteiger charge is 2.25. The van der Waals surface area contributed by atoms with Gasteiger partial charge in [-0.15, -0.1) is 22.7 Å². The van der Waals surface area contributed by atoms with E-state index in [0.717, 1.165) is 31.8 Å². The highest BCUT2D eigenvalue weighted by molar-refractivity contribution is 7.80. The maximum Gasteiger partial charge on any atom is 0.420 e. The first kappa shape index (κ1) is 36.0. The van der Waals surface area contributed by atoms with Crippen molar-refractivity contribution in [3.63, 3.8) is 0 Å². The molecule has 4 aromatic carbocycles. The smallest absolute Gasteiger partial charge is 0.410 e. The minimum Gasteiger partial charge on any atom is -0.410 e. The van der Waals surface area contributed by atoms with Crippen LogP contribution in [0.4, 0.5) is 21.0 Å². The monoisotopic (exact) mass is 747 g/mol. The molecule has 0 saturated carbocycles. The number of hydrogen-bond donors (Lipinski definition) is 2. The van der Waals surface area contributed by atoms with Crippen molar-refractivity contribution in [1.29, 1.82) is 5.26 Å². The van der Waals surface area contributed by atoms with Gasteiger partial charge in [-0.2, -0.15) is 30.5 Å². The van der Waals surface area contributed by atoms with Crippen LogP contribution in [0.2, 0.25) is 5.02 Å². The van der Waals surface area contributed by atoms with Crippen LogP contribution in [-0.4, -0.2) is 45.7 Å². The Morgan fingerprint density at radius 2 is 1.18 bits per heavy atom. The Balaban J connectivity index is 0.000000191. The Labute approximate surface area is 307 Å². The summed E-state index contributed by atoms with van der Waals surface area (Å²) in [4.78, 5) is 37.1. The van der Waals surface area contributed by atoms with Crippen molar-refractivity contribution in [1.82, 2.24) is 9.97 Å². The summed E-state index contributed by atoms with van der Waals surface area (Å²) in [5.74, 6) is 1.83. The van der Waals surface area contributed by atoms with Crippen LogP contribution in [-0.2, 0) is 0 Å². The van der Waals surface area contributed by atoms with Gasteiger partial charge in [0.15, 0.2) is 0 Å². The molecule has 49 heavy (non-hydrogen) atoms. The van der Waals surface area contributed by atoms with E-state index in [0.29, 0.717) is 33.6 Å². The van der Waals surface area contributed by atoms with Gasteiger partial charge in [-0.05, 0) is 98.8 Å². The Bertz CT molecular complexity index is 2080. The molecule has 2 aromatic heterocycles. The van der Waals surface area contributed by atoms with Gasteiger partial charge in [0.25, 0.3) is 0 Å². The predicted molar refractivity (Wildman–Crippen MR) is 205 cm³/mol. The summed E-state index contributed by atoms with van der Waals surface area (Å²) in [7, 11) is 0. The molecule has 14 heteroatoms. The number of rotatable bonds is 8. The second-order valence-corrected chi connectivity index (χ2v) is 13.6. The third-order valence-corrected chi connectivity index (χ3v) is 10.1. The molecule has 0 N–H and O–H groups in total. The molecule has 0 fully saturated rings.